The van der Waals surface area contributed by atoms with Crippen molar-refractivity contribution in [2.24, 2.45) is 0 Å². The molecule has 1 fully saturated rings. The molecule has 1 amide bonds. The van der Waals surface area contributed by atoms with Crippen LogP contribution in [0.4, 0.5) is 0 Å². The van der Waals surface area contributed by atoms with Gasteiger partial charge in [0.15, 0.2) is 0 Å². The first kappa shape index (κ1) is 23.7. The van der Waals surface area contributed by atoms with Crippen LogP contribution in [0.1, 0.15) is 54.6 Å². The fourth-order valence-corrected chi connectivity index (χ4v) is 4.07. The number of likely N-dealkylation sites (tertiary alicyclic amines) is 1. The number of aliphatic hydroxyl groups is 1. The number of rotatable bonds is 5. The van der Waals surface area contributed by atoms with E-state index in [0.29, 0.717) is 18.7 Å². The summed E-state index contributed by atoms with van der Waals surface area (Å²) in [5.41, 5.74) is 4.56. The van der Waals surface area contributed by atoms with Crippen LogP contribution in [0.25, 0.3) is 5.76 Å². The third-order valence-electron chi connectivity index (χ3n) is 6.07. The summed E-state index contributed by atoms with van der Waals surface area (Å²) in [6, 6.07) is 13.1. The van der Waals surface area contributed by atoms with Crippen LogP contribution >= 0.6 is 0 Å². The van der Waals surface area contributed by atoms with E-state index >= 15 is 0 Å². The van der Waals surface area contributed by atoms with E-state index in [4.69, 9.17) is 0 Å². The van der Waals surface area contributed by atoms with Crippen molar-refractivity contribution in [2.45, 2.75) is 46.1 Å². The van der Waals surface area contributed by atoms with Gasteiger partial charge in [0.2, 0.25) is 0 Å². The van der Waals surface area contributed by atoms with E-state index < -0.39 is 17.7 Å². The van der Waals surface area contributed by atoms with Crippen molar-refractivity contribution < 1.29 is 14.7 Å². The molecule has 2 aromatic rings. The molecule has 32 heavy (non-hydrogen) atoms. The Balaban J connectivity index is 2.18. The van der Waals surface area contributed by atoms with E-state index in [-0.39, 0.29) is 16.7 Å². The van der Waals surface area contributed by atoms with Crippen molar-refractivity contribution in [3.05, 3.63) is 75.9 Å². The fourth-order valence-electron chi connectivity index (χ4n) is 4.07. The SMILES string of the molecule is Cc1ccc(C)c(/C(O)=C2\C(=O)C(=O)N(CCN(C)C)C2c2ccc(C(C)(C)C)cc2)c1. The lowest BCUT2D eigenvalue weighted by molar-refractivity contribution is -0.140. The minimum absolute atomic E-state index is 0.00998. The highest BCUT2D eigenvalue weighted by atomic mass is 16.3. The summed E-state index contributed by atoms with van der Waals surface area (Å²) in [4.78, 5) is 29.8. The highest BCUT2D eigenvalue weighted by Gasteiger charge is 2.46. The van der Waals surface area contributed by atoms with Gasteiger partial charge in [-0.05, 0) is 56.1 Å². The van der Waals surface area contributed by atoms with Gasteiger partial charge in [-0.3, -0.25) is 9.59 Å². The lowest BCUT2D eigenvalue weighted by atomic mass is 9.85. The van der Waals surface area contributed by atoms with Gasteiger partial charge in [-0.1, -0.05) is 62.7 Å². The molecule has 2 aromatic carbocycles. The summed E-state index contributed by atoms with van der Waals surface area (Å²) in [7, 11) is 3.86. The van der Waals surface area contributed by atoms with Crippen molar-refractivity contribution in [3.8, 4) is 0 Å². The molecule has 1 atom stereocenters. The third-order valence-corrected chi connectivity index (χ3v) is 6.07. The molecular weight excluding hydrogens is 400 g/mol. The Bertz CT molecular complexity index is 1060. The van der Waals surface area contributed by atoms with E-state index in [0.717, 1.165) is 16.7 Å². The van der Waals surface area contributed by atoms with Crippen LogP contribution in [0.5, 0.6) is 0 Å². The molecule has 0 bridgehead atoms. The molecule has 1 heterocycles. The van der Waals surface area contributed by atoms with E-state index in [1.54, 1.807) is 4.90 Å². The van der Waals surface area contributed by atoms with Crippen LogP contribution in [0, 0.1) is 13.8 Å². The number of aryl methyl sites for hydroxylation is 2. The van der Waals surface area contributed by atoms with Crippen LogP contribution in [-0.4, -0.2) is 53.8 Å². The van der Waals surface area contributed by atoms with Gasteiger partial charge < -0.3 is 14.9 Å². The second kappa shape index (κ2) is 8.91. The highest BCUT2D eigenvalue weighted by Crippen LogP contribution is 2.40. The topological polar surface area (TPSA) is 60.9 Å². The molecule has 0 saturated carbocycles. The van der Waals surface area contributed by atoms with E-state index in [1.165, 1.54) is 5.56 Å². The third kappa shape index (κ3) is 4.63. The molecule has 3 rings (SSSR count). The molecule has 5 heteroatoms. The summed E-state index contributed by atoms with van der Waals surface area (Å²) in [5.74, 6) is -1.31. The first-order valence-electron chi connectivity index (χ1n) is 11.0. The Morgan fingerprint density at radius 1 is 1.03 bits per heavy atom. The molecule has 5 nitrogen and oxygen atoms in total. The van der Waals surface area contributed by atoms with Gasteiger partial charge in [-0.2, -0.15) is 0 Å². The van der Waals surface area contributed by atoms with Gasteiger partial charge in [0.25, 0.3) is 11.7 Å². The van der Waals surface area contributed by atoms with Crippen LogP contribution in [-0.2, 0) is 15.0 Å². The number of carbonyl (C=O) groups is 2. The Hall–Kier alpha value is -2.92. The van der Waals surface area contributed by atoms with Gasteiger partial charge in [-0.25, -0.2) is 0 Å². The molecule has 0 spiro atoms. The Morgan fingerprint density at radius 2 is 1.66 bits per heavy atom. The quantitative estimate of drug-likeness (QED) is 0.425. The summed E-state index contributed by atoms with van der Waals surface area (Å²) >= 11 is 0. The Labute approximate surface area is 191 Å². The summed E-state index contributed by atoms with van der Waals surface area (Å²) in [6.45, 7) is 11.3. The predicted octanol–water partition coefficient (Wildman–Crippen LogP) is 4.58. The second-order valence-corrected chi connectivity index (χ2v) is 9.99. The molecule has 0 aromatic heterocycles. The Kier molecular flexibility index (Phi) is 6.61. The van der Waals surface area contributed by atoms with Gasteiger partial charge in [-0.15, -0.1) is 0 Å². The first-order chi connectivity index (χ1) is 14.9. The number of ketones is 1. The summed E-state index contributed by atoms with van der Waals surface area (Å²) in [5, 5.41) is 11.3. The van der Waals surface area contributed by atoms with Crippen molar-refractivity contribution in [1.29, 1.82) is 0 Å². The number of carbonyl (C=O) groups excluding carboxylic acids is 2. The minimum Gasteiger partial charge on any atom is -0.507 e. The van der Waals surface area contributed by atoms with Gasteiger partial charge in [0, 0.05) is 18.7 Å². The van der Waals surface area contributed by atoms with E-state index in [9.17, 15) is 14.7 Å². The molecule has 0 aliphatic carbocycles. The number of hydrogen-bond donors (Lipinski definition) is 1. The second-order valence-electron chi connectivity index (χ2n) is 9.99. The average Bonchev–Trinajstić information content (AvgIpc) is 2.97. The monoisotopic (exact) mass is 434 g/mol. The van der Waals surface area contributed by atoms with Crippen LogP contribution in [0.15, 0.2) is 48.0 Å². The maximum absolute atomic E-state index is 13.2. The molecule has 1 N–H and O–H groups in total. The summed E-state index contributed by atoms with van der Waals surface area (Å²) < 4.78 is 0. The number of likely N-dealkylation sites (N-methyl/N-ethyl adjacent to an activating group) is 1. The lowest BCUT2D eigenvalue weighted by Gasteiger charge is -2.27. The Morgan fingerprint density at radius 3 is 2.22 bits per heavy atom. The van der Waals surface area contributed by atoms with Crippen molar-refractivity contribution in [2.75, 3.05) is 27.2 Å². The molecular formula is C27H34N2O3. The van der Waals surface area contributed by atoms with Gasteiger partial charge in [0.1, 0.15) is 5.76 Å². The number of Topliss-reactive ketones (excluding diaryl/α,β-unsaturated/α-hetero) is 1. The van der Waals surface area contributed by atoms with E-state index in [1.807, 2.05) is 75.3 Å². The maximum Gasteiger partial charge on any atom is 0.295 e. The zero-order chi connectivity index (χ0) is 23.8. The number of benzene rings is 2. The largest absolute Gasteiger partial charge is 0.507 e. The van der Waals surface area contributed by atoms with Crippen LogP contribution in [0.3, 0.4) is 0 Å². The molecule has 170 valence electrons. The normalized spacial score (nSPS) is 18.6. The van der Waals surface area contributed by atoms with Crippen molar-refractivity contribution in [3.63, 3.8) is 0 Å². The summed E-state index contributed by atoms with van der Waals surface area (Å²) in [6.07, 6.45) is 0. The number of nitrogens with zero attached hydrogens (tertiary/aromatic N) is 2. The minimum atomic E-state index is -0.632. The number of hydrogen-bond acceptors (Lipinski definition) is 4. The maximum atomic E-state index is 13.2. The van der Waals surface area contributed by atoms with Crippen LogP contribution < -0.4 is 0 Å². The van der Waals surface area contributed by atoms with Gasteiger partial charge >= 0.3 is 0 Å². The van der Waals surface area contributed by atoms with Gasteiger partial charge in [0.05, 0.1) is 11.6 Å². The van der Waals surface area contributed by atoms with Crippen molar-refractivity contribution in [1.82, 2.24) is 9.80 Å². The molecule has 1 saturated heterocycles. The smallest absolute Gasteiger partial charge is 0.295 e. The molecule has 0 radical (unpaired) electrons. The average molecular weight is 435 g/mol. The number of aliphatic hydroxyl groups excluding tert-OH is 1. The zero-order valence-corrected chi connectivity index (χ0v) is 20.2. The lowest BCUT2D eigenvalue weighted by Crippen LogP contribution is -2.35. The fraction of sp³-hybridized carbons (Fsp3) is 0.407. The molecule has 1 unspecified atom stereocenters. The molecule has 1 aliphatic heterocycles. The van der Waals surface area contributed by atoms with Crippen LogP contribution in [0.2, 0.25) is 0 Å². The predicted molar refractivity (Wildman–Crippen MR) is 129 cm³/mol. The highest BCUT2D eigenvalue weighted by molar-refractivity contribution is 6.46. The number of amides is 1. The first-order valence-corrected chi connectivity index (χ1v) is 11.0. The standard InChI is InChI=1S/C27H34N2O3/c1-17-8-9-18(2)21(16-17)24(30)22-23(19-10-12-20(13-11-19)27(3,4)5)29(15-14-28(6)7)26(32)25(22)31/h8-13,16,23,30H,14-15H2,1-7H3/b24-22+. The molecule has 1 aliphatic rings. The zero-order valence-electron chi connectivity index (χ0n) is 20.2. The van der Waals surface area contributed by atoms with E-state index in [2.05, 4.69) is 20.8 Å². The van der Waals surface area contributed by atoms with Crippen molar-refractivity contribution >= 4 is 17.4 Å².